The highest BCUT2D eigenvalue weighted by Crippen LogP contribution is 2.29. The van der Waals surface area contributed by atoms with Crippen molar-refractivity contribution in [2.45, 2.75) is 13.8 Å². The van der Waals surface area contributed by atoms with Gasteiger partial charge in [-0.3, -0.25) is 4.79 Å². The Labute approximate surface area is 146 Å². The van der Waals surface area contributed by atoms with Crippen LogP contribution in [0.25, 0.3) is 10.8 Å². The molecule has 6 heteroatoms. The molecule has 0 heterocycles. The minimum atomic E-state index is -1.17. The molecule has 0 bridgehead atoms. The first-order chi connectivity index (χ1) is 11.5. The Hall–Kier alpha value is -2.11. The van der Waals surface area contributed by atoms with E-state index in [4.69, 9.17) is 11.6 Å². The molecule has 0 spiro atoms. The number of carboxylic acid groups (broad SMARTS) is 1. The predicted molar refractivity (Wildman–Crippen MR) is 96.0 cm³/mol. The Bertz CT molecular complexity index is 757. The third kappa shape index (κ3) is 3.86. The molecular formula is C18H21ClN2O3. The van der Waals surface area contributed by atoms with Gasteiger partial charge >= 0.3 is 5.97 Å². The van der Waals surface area contributed by atoms with Crippen LogP contribution < -0.4 is 5.32 Å². The largest absolute Gasteiger partial charge is 0.478 e. The zero-order chi connectivity index (χ0) is 17.7. The SMILES string of the molecule is CCN(CC)CCNC(=O)c1c(C(=O)O)cc(Cl)c2ccccc12. The van der Waals surface area contributed by atoms with E-state index in [1.807, 2.05) is 0 Å². The van der Waals surface area contributed by atoms with Gasteiger partial charge in [-0.05, 0) is 24.5 Å². The van der Waals surface area contributed by atoms with Gasteiger partial charge in [0, 0.05) is 23.5 Å². The van der Waals surface area contributed by atoms with Gasteiger partial charge in [0.2, 0.25) is 0 Å². The molecule has 0 fully saturated rings. The van der Waals surface area contributed by atoms with Crippen LogP contribution in [-0.2, 0) is 0 Å². The second-order valence-corrected chi connectivity index (χ2v) is 5.82. The van der Waals surface area contributed by atoms with E-state index in [1.54, 1.807) is 24.3 Å². The van der Waals surface area contributed by atoms with Crippen LogP contribution in [0.4, 0.5) is 0 Å². The average molecular weight is 349 g/mol. The number of carbonyl (C=O) groups is 2. The Kier molecular flexibility index (Phi) is 6.17. The molecule has 2 aromatic carbocycles. The van der Waals surface area contributed by atoms with E-state index in [0.29, 0.717) is 28.9 Å². The molecule has 0 aliphatic heterocycles. The monoisotopic (exact) mass is 348 g/mol. The number of amides is 1. The van der Waals surface area contributed by atoms with Crippen molar-refractivity contribution in [2.75, 3.05) is 26.2 Å². The zero-order valence-electron chi connectivity index (χ0n) is 13.8. The second-order valence-electron chi connectivity index (χ2n) is 5.41. The predicted octanol–water partition coefficient (Wildman–Crippen LogP) is 3.26. The van der Waals surface area contributed by atoms with E-state index < -0.39 is 11.9 Å². The fourth-order valence-electron chi connectivity index (χ4n) is 2.70. The molecular weight excluding hydrogens is 328 g/mol. The maximum absolute atomic E-state index is 12.6. The summed E-state index contributed by atoms with van der Waals surface area (Å²) in [4.78, 5) is 26.3. The van der Waals surface area contributed by atoms with Gasteiger partial charge in [-0.2, -0.15) is 0 Å². The highest BCUT2D eigenvalue weighted by molar-refractivity contribution is 6.37. The van der Waals surface area contributed by atoms with E-state index in [-0.39, 0.29) is 11.1 Å². The van der Waals surface area contributed by atoms with Crippen LogP contribution in [0.15, 0.2) is 30.3 Å². The minimum Gasteiger partial charge on any atom is -0.478 e. The number of carboxylic acids is 1. The minimum absolute atomic E-state index is 0.0842. The van der Waals surface area contributed by atoms with E-state index in [1.165, 1.54) is 6.07 Å². The van der Waals surface area contributed by atoms with Crippen molar-refractivity contribution in [1.29, 1.82) is 0 Å². The summed E-state index contributed by atoms with van der Waals surface area (Å²) in [6, 6.07) is 8.39. The van der Waals surface area contributed by atoms with Gasteiger partial charge in [0.15, 0.2) is 0 Å². The molecule has 2 aromatic rings. The quantitative estimate of drug-likeness (QED) is 0.805. The van der Waals surface area contributed by atoms with Crippen molar-refractivity contribution < 1.29 is 14.7 Å². The topological polar surface area (TPSA) is 69.6 Å². The standard InChI is InChI=1S/C18H21ClN2O3/c1-3-21(4-2)10-9-20-17(22)16-13-8-6-5-7-12(13)15(19)11-14(16)18(23)24/h5-8,11H,3-4,9-10H2,1-2H3,(H,20,22)(H,23,24). The normalized spacial score (nSPS) is 11.0. The molecule has 0 aliphatic carbocycles. The number of benzene rings is 2. The van der Waals surface area contributed by atoms with E-state index in [9.17, 15) is 14.7 Å². The summed E-state index contributed by atoms with van der Waals surface area (Å²) in [5, 5.41) is 13.8. The van der Waals surface area contributed by atoms with Gasteiger partial charge in [-0.1, -0.05) is 49.7 Å². The Morgan fingerprint density at radius 1 is 1.17 bits per heavy atom. The van der Waals surface area contributed by atoms with Crippen LogP contribution in [0.5, 0.6) is 0 Å². The summed E-state index contributed by atoms with van der Waals surface area (Å²) in [6.07, 6.45) is 0. The molecule has 0 unspecified atom stereocenters. The number of hydrogen-bond donors (Lipinski definition) is 2. The molecule has 0 radical (unpaired) electrons. The molecule has 128 valence electrons. The molecule has 24 heavy (non-hydrogen) atoms. The summed E-state index contributed by atoms with van der Waals surface area (Å²) in [6.45, 7) is 7.08. The highest BCUT2D eigenvalue weighted by Gasteiger charge is 2.21. The first-order valence-corrected chi connectivity index (χ1v) is 8.32. The van der Waals surface area contributed by atoms with Crippen molar-refractivity contribution in [2.24, 2.45) is 0 Å². The number of fused-ring (bicyclic) bond motifs is 1. The van der Waals surface area contributed by atoms with Gasteiger partial charge in [-0.15, -0.1) is 0 Å². The molecule has 2 N–H and O–H groups in total. The van der Waals surface area contributed by atoms with E-state index in [2.05, 4.69) is 24.1 Å². The highest BCUT2D eigenvalue weighted by atomic mass is 35.5. The molecule has 5 nitrogen and oxygen atoms in total. The summed E-state index contributed by atoms with van der Waals surface area (Å²) in [5.74, 6) is -1.57. The number of hydrogen-bond acceptors (Lipinski definition) is 3. The van der Waals surface area contributed by atoms with Crippen molar-refractivity contribution in [3.8, 4) is 0 Å². The van der Waals surface area contributed by atoms with Gasteiger partial charge in [0.05, 0.1) is 11.1 Å². The lowest BCUT2D eigenvalue weighted by Crippen LogP contribution is -2.35. The van der Waals surface area contributed by atoms with E-state index in [0.717, 1.165) is 13.1 Å². The number of aromatic carboxylic acids is 1. The van der Waals surface area contributed by atoms with Crippen molar-refractivity contribution >= 4 is 34.2 Å². The van der Waals surface area contributed by atoms with Crippen LogP contribution in [0.2, 0.25) is 5.02 Å². The van der Waals surface area contributed by atoms with Crippen LogP contribution >= 0.6 is 11.6 Å². The van der Waals surface area contributed by atoms with Crippen molar-refractivity contribution in [3.05, 3.63) is 46.5 Å². The lowest BCUT2D eigenvalue weighted by atomic mass is 9.98. The van der Waals surface area contributed by atoms with Crippen LogP contribution in [-0.4, -0.2) is 48.1 Å². The first-order valence-electron chi connectivity index (χ1n) is 7.94. The third-order valence-corrected chi connectivity index (χ3v) is 4.37. The molecule has 0 saturated heterocycles. The van der Waals surface area contributed by atoms with Gasteiger partial charge < -0.3 is 15.3 Å². The lowest BCUT2D eigenvalue weighted by molar-refractivity contribution is 0.0691. The van der Waals surface area contributed by atoms with E-state index >= 15 is 0 Å². The fraction of sp³-hybridized carbons (Fsp3) is 0.333. The zero-order valence-corrected chi connectivity index (χ0v) is 14.6. The van der Waals surface area contributed by atoms with Gasteiger partial charge in [0.25, 0.3) is 5.91 Å². The number of halogens is 1. The van der Waals surface area contributed by atoms with Crippen LogP contribution in [0.1, 0.15) is 34.6 Å². The van der Waals surface area contributed by atoms with Crippen molar-refractivity contribution in [3.63, 3.8) is 0 Å². The first kappa shape index (κ1) is 18.2. The summed E-state index contributed by atoms with van der Waals surface area (Å²) in [5.41, 5.74) is 0.0705. The Balaban J connectivity index is 2.35. The Morgan fingerprint density at radius 3 is 2.38 bits per heavy atom. The number of nitrogens with one attached hydrogen (secondary N) is 1. The summed E-state index contributed by atoms with van der Waals surface area (Å²) in [7, 11) is 0. The van der Waals surface area contributed by atoms with Gasteiger partial charge in [0.1, 0.15) is 0 Å². The summed E-state index contributed by atoms with van der Waals surface area (Å²) < 4.78 is 0. The summed E-state index contributed by atoms with van der Waals surface area (Å²) >= 11 is 6.16. The lowest BCUT2D eigenvalue weighted by Gasteiger charge is -2.18. The fourth-order valence-corrected chi connectivity index (χ4v) is 2.97. The number of rotatable bonds is 7. The van der Waals surface area contributed by atoms with Crippen LogP contribution in [0, 0.1) is 0 Å². The number of likely N-dealkylation sites (N-methyl/N-ethyl adjacent to an activating group) is 1. The maximum atomic E-state index is 12.6. The Morgan fingerprint density at radius 2 is 1.79 bits per heavy atom. The van der Waals surface area contributed by atoms with Crippen molar-refractivity contribution in [1.82, 2.24) is 10.2 Å². The second kappa shape index (κ2) is 8.13. The molecule has 1 amide bonds. The molecule has 0 atom stereocenters. The molecule has 0 aliphatic rings. The smallest absolute Gasteiger partial charge is 0.336 e. The molecule has 0 saturated carbocycles. The van der Waals surface area contributed by atoms with Gasteiger partial charge in [-0.25, -0.2) is 4.79 Å². The molecule has 2 rings (SSSR count). The molecule has 0 aromatic heterocycles. The number of carbonyl (C=O) groups excluding carboxylic acids is 1. The van der Waals surface area contributed by atoms with Crippen LogP contribution in [0.3, 0.4) is 0 Å². The third-order valence-electron chi connectivity index (χ3n) is 4.06. The maximum Gasteiger partial charge on any atom is 0.336 e. The average Bonchev–Trinajstić information content (AvgIpc) is 2.58. The number of nitrogens with zero attached hydrogens (tertiary/aromatic N) is 1.